The molecule has 1 nitrogen and oxygen atoms in total. The number of rotatable bonds is 3. The molecule has 0 fully saturated rings. The van der Waals surface area contributed by atoms with E-state index in [1.54, 1.807) is 11.3 Å². The van der Waals surface area contributed by atoms with Gasteiger partial charge in [0.1, 0.15) is 5.75 Å². The van der Waals surface area contributed by atoms with E-state index >= 15 is 0 Å². The molecule has 1 unspecified atom stereocenters. The zero-order valence-corrected chi connectivity index (χ0v) is 9.30. The van der Waals surface area contributed by atoms with Gasteiger partial charge in [-0.1, -0.05) is 13.8 Å². The van der Waals surface area contributed by atoms with Crippen molar-refractivity contribution in [3.8, 4) is 0 Å². The average molecular weight is 202 g/mol. The SMILES string of the molecule is CC[S+]([O-])c1ccsc1C(C)C. The lowest BCUT2D eigenvalue weighted by Crippen LogP contribution is -2.05. The lowest BCUT2D eigenvalue weighted by Gasteiger charge is -2.09. The van der Waals surface area contributed by atoms with Gasteiger partial charge in [-0.2, -0.15) is 0 Å². The first-order valence-corrected chi connectivity index (χ1v) is 6.32. The van der Waals surface area contributed by atoms with E-state index in [1.807, 2.05) is 18.4 Å². The van der Waals surface area contributed by atoms with Gasteiger partial charge in [-0.15, -0.1) is 11.3 Å². The van der Waals surface area contributed by atoms with E-state index in [9.17, 15) is 4.55 Å². The quantitative estimate of drug-likeness (QED) is 0.691. The van der Waals surface area contributed by atoms with Crippen molar-refractivity contribution in [1.29, 1.82) is 0 Å². The Bertz CT molecular complexity index is 242. The molecule has 12 heavy (non-hydrogen) atoms. The maximum atomic E-state index is 11.5. The molecule has 0 N–H and O–H groups in total. The molecule has 0 aliphatic rings. The molecule has 1 heterocycles. The van der Waals surface area contributed by atoms with E-state index in [0.29, 0.717) is 5.92 Å². The van der Waals surface area contributed by atoms with Crippen molar-refractivity contribution in [2.75, 3.05) is 5.75 Å². The minimum absolute atomic E-state index is 0.496. The summed E-state index contributed by atoms with van der Waals surface area (Å²) in [6.45, 7) is 6.24. The van der Waals surface area contributed by atoms with Crippen molar-refractivity contribution in [2.24, 2.45) is 0 Å². The van der Waals surface area contributed by atoms with Gasteiger partial charge in [0.25, 0.3) is 0 Å². The molecule has 1 aromatic rings. The Morgan fingerprint density at radius 1 is 1.58 bits per heavy atom. The molecule has 0 aromatic carbocycles. The summed E-state index contributed by atoms with van der Waals surface area (Å²) < 4.78 is 11.5. The molecule has 0 radical (unpaired) electrons. The summed E-state index contributed by atoms with van der Waals surface area (Å²) in [6, 6.07) is 1.99. The van der Waals surface area contributed by atoms with Crippen LogP contribution in [-0.4, -0.2) is 10.3 Å². The Labute approximate surface area is 81.0 Å². The third-order valence-corrected chi connectivity index (χ3v) is 4.41. The van der Waals surface area contributed by atoms with Crippen molar-refractivity contribution in [1.82, 2.24) is 0 Å². The first-order chi connectivity index (χ1) is 5.66. The number of hydrogen-bond acceptors (Lipinski definition) is 2. The van der Waals surface area contributed by atoms with Gasteiger partial charge in [-0.05, 0) is 29.4 Å². The van der Waals surface area contributed by atoms with Crippen LogP contribution in [0, 0.1) is 0 Å². The van der Waals surface area contributed by atoms with E-state index in [0.717, 1.165) is 10.6 Å². The van der Waals surface area contributed by atoms with Crippen LogP contribution in [0.15, 0.2) is 16.3 Å². The smallest absolute Gasteiger partial charge is 0.166 e. The third kappa shape index (κ3) is 2.03. The van der Waals surface area contributed by atoms with Crippen LogP contribution >= 0.6 is 11.3 Å². The summed E-state index contributed by atoms with van der Waals surface area (Å²) in [5, 5.41) is 2.03. The van der Waals surface area contributed by atoms with E-state index < -0.39 is 11.2 Å². The lowest BCUT2D eigenvalue weighted by atomic mass is 10.2. The van der Waals surface area contributed by atoms with Crippen LogP contribution < -0.4 is 0 Å². The van der Waals surface area contributed by atoms with Gasteiger partial charge in [0.2, 0.25) is 0 Å². The molecule has 0 bridgehead atoms. The summed E-state index contributed by atoms with van der Waals surface area (Å²) in [4.78, 5) is 2.31. The Kier molecular flexibility index (Phi) is 3.62. The molecule has 1 aromatic heterocycles. The number of hydrogen-bond donors (Lipinski definition) is 0. The third-order valence-electron chi connectivity index (χ3n) is 1.69. The van der Waals surface area contributed by atoms with Gasteiger partial charge in [0.05, 0.1) is 4.88 Å². The molecule has 0 amide bonds. The molecule has 0 saturated heterocycles. The van der Waals surface area contributed by atoms with Gasteiger partial charge in [0.15, 0.2) is 4.90 Å². The largest absolute Gasteiger partial charge is 0.611 e. The maximum absolute atomic E-state index is 11.5. The van der Waals surface area contributed by atoms with Crippen LogP contribution in [0.25, 0.3) is 0 Å². The first-order valence-electron chi connectivity index (χ1n) is 4.12. The van der Waals surface area contributed by atoms with E-state index in [4.69, 9.17) is 0 Å². The molecule has 0 aliphatic carbocycles. The normalized spacial score (nSPS) is 13.8. The van der Waals surface area contributed by atoms with E-state index in [1.165, 1.54) is 4.88 Å². The van der Waals surface area contributed by atoms with Gasteiger partial charge < -0.3 is 4.55 Å². The van der Waals surface area contributed by atoms with Gasteiger partial charge in [0, 0.05) is 6.07 Å². The summed E-state index contributed by atoms with van der Waals surface area (Å²) in [6.07, 6.45) is 0. The lowest BCUT2D eigenvalue weighted by molar-refractivity contribution is 0.595. The van der Waals surface area contributed by atoms with Crippen molar-refractivity contribution >= 4 is 22.5 Å². The topological polar surface area (TPSA) is 23.1 Å². The molecular formula is C9H14OS2. The monoisotopic (exact) mass is 202 g/mol. The van der Waals surface area contributed by atoms with Crippen LogP contribution in [-0.2, 0) is 11.2 Å². The fraction of sp³-hybridized carbons (Fsp3) is 0.556. The van der Waals surface area contributed by atoms with Crippen LogP contribution in [0.4, 0.5) is 0 Å². The number of thiophene rings is 1. The van der Waals surface area contributed by atoms with E-state index in [-0.39, 0.29) is 0 Å². The highest BCUT2D eigenvalue weighted by molar-refractivity contribution is 7.91. The zero-order valence-electron chi connectivity index (χ0n) is 7.66. The van der Waals surface area contributed by atoms with Crippen molar-refractivity contribution in [3.05, 3.63) is 16.3 Å². The van der Waals surface area contributed by atoms with Gasteiger partial charge in [-0.25, -0.2) is 0 Å². The molecule has 0 spiro atoms. The summed E-state index contributed by atoms with van der Waals surface area (Å²) in [5.41, 5.74) is 0. The predicted octanol–water partition coefficient (Wildman–Crippen LogP) is 3.00. The summed E-state index contributed by atoms with van der Waals surface area (Å²) in [5.74, 6) is 1.21. The Morgan fingerprint density at radius 3 is 2.75 bits per heavy atom. The molecule has 68 valence electrons. The average Bonchev–Trinajstić information content (AvgIpc) is 2.50. The Hall–Kier alpha value is 0.01000. The summed E-state index contributed by atoms with van der Waals surface area (Å²) >= 11 is 0.927. The second-order valence-electron chi connectivity index (χ2n) is 2.94. The molecule has 1 atom stereocenters. The Morgan fingerprint density at radius 2 is 2.25 bits per heavy atom. The fourth-order valence-electron chi connectivity index (χ4n) is 1.07. The standard InChI is InChI=1S/C9H14OS2/c1-4-12(10)8-5-6-11-9(8)7(2)3/h5-7H,4H2,1-3H3. The van der Waals surface area contributed by atoms with Crippen LogP contribution in [0.1, 0.15) is 31.6 Å². The van der Waals surface area contributed by atoms with Crippen LogP contribution in [0.5, 0.6) is 0 Å². The van der Waals surface area contributed by atoms with Gasteiger partial charge in [-0.3, -0.25) is 0 Å². The molecule has 1 rings (SSSR count). The zero-order chi connectivity index (χ0) is 9.14. The first kappa shape index (κ1) is 10.1. The second kappa shape index (κ2) is 4.30. The van der Waals surface area contributed by atoms with Crippen LogP contribution in [0.2, 0.25) is 0 Å². The van der Waals surface area contributed by atoms with Crippen LogP contribution in [0.3, 0.4) is 0 Å². The highest BCUT2D eigenvalue weighted by Crippen LogP contribution is 2.29. The van der Waals surface area contributed by atoms with E-state index in [2.05, 4.69) is 13.8 Å². The highest BCUT2D eigenvalue weighted by atomic mass is 32.2. The predicted molar refractivity (Wildman–Crippen MR) is 55.4 cm³/mol. The molecule has 0 aliphatic heterocycles. The van der Waals surface area contributed by atoms with Crippen molar-refractivity contribution < 1.29 is 4.55 Å². The highest BCUT2D eigenvalue weighted by Gasteiger charge is 2.17. The Balaban J connectivity index is 2.91. The minimum Gasteiger partial charge on any atom is -0.611 e. The second-order valence-corrected chi connectivity index (χ2v) is 5.59. The van der Waals surface area contributed by atoms with Gasteiger partial charge >= 0.3 is 0 Å². The van der Waals surface area contributed by atoms with Crippen molar-refractivity contribution in [2.45, 2.75) is 31.6 Å². The molecule has 3 heteroatoms. The fourth-order valence-corrected chi connectivity index (χ4v) is 3.38. The van der Waals surface area contributed by atoms with Crippen molar-refractivity contribution in [3.63, 3.8) is 0 Å². The maximum Gasteiger partial charge on any atom is 0.166 e. The minimum atomic E-state index is -0.781. The summed E-state index contributed by atoms with van der Waals surface area (Å²) in [7, 11) is 0. The molecule has 0 saturated carbocycles. The molecular weight excluding hydrogens is 188 g/mol.